The maximum atomic E-state index is 13.9. The van der Waals surface area contributed by atoms with Crippen molar-refractivity contribution in [3.8, 4) is 21.7 Å². The Morgan fingerprint density at radius 3 is 2.19 bits per heavy atom. The molecule has 5 aromatic rings. The molecule has 0 atom stereocenters. The number of aliphatic hydroxyl groups is 1. The van der Waals surface area contributed by atoms with Crippen molar-refractivity contribution in [1.29, 1.82) is 0 Å². The molecule has 0 amide bonds. The Kier molecular flexibility index (Phi) is 13.6. The number of alkyl halides is 2. The van der Waals surface area contributed by atoms with E-state index in [1.54, 1.807) is 11.3 Å². The minimum atomic E-state index is -2.59. The van der Waals surface area contributed by atoms with E-state index in [9.17, 15) is 18.7 Å². The van der Waals surface area contributed by atoms with Crippen molar-refractivity contribution < 1.29 is 38.8 Å². The molecular weight excluding hydrogens is 873 g/mol. The maximum absolute atomic E-state index is 13.9. The summed E-state index contributed by atoms with van der Waals surface area (Å²) in [5.74, 6) is -2.31. The fourth-order valence-electron chi connectivity index (χ4n) is 7.13. The Bertz CT molecular complexity index is 2150. The minimum Gasteiger partial charge on any atom is -0.512 e. The summed E-state index contributed by atoms with van der Waals surface area (Å²) < 4.78 is 29.0. The molecule has 0 unspecified atom stereocenters. The van der Waals surface area contributed by atoms with Crippen molar-refractivity contribution >= 4 is 38.0 Å². The summed E-state index contributed by atoms with van der Waals surface area (Å²) in [5, 5.41) is 13.6. The third kappa shape index (κ3) is 8.90. The van der Waals surface area contributed by atoms with Gasteiger partial charge in [-0.05, 0) is 78.1 Å². The van der Waals surface area contributed by atoms with Crippen LogP contribution >= 0.6 is 11.3 Å². The monoisotopic (exact) mass is 929 g/mol. The van der Waals surface area contributed by atoms with Crippen molar-refractivity contribution in [2.45, 2.75) is 126 Å². The van der Waals surface area contributed by atoms with E-state index in [1.165, 1.54) is 32.9 Å². The zero-order valence-electron chi connectivity index (χ0n) is 33.6. The second kappa shape index (κ2) is 16.9. The van der Waals surface area contributed by atoms with Crippen molar-refractivity contribution in [1.82, 2.24) is 4.98 Å². The Labute approximate surface area is 339 Å². The molecule has 0 fully saturated rings. The first kappa shape index (κ1) is 43.5. The van der Waals surface area contributed by atoms with Crippen LogP contribution in [0.2, 0.25) is 0 Å². The number of rotatable bonds is 9. The van der Waals surface area contributed by atoms with E-state index in [4.69, 9.17) is 4.98 Å². The zero-order chi connectivity index (χ0) is 38.9. The normalized spacial score (nSPS) is 14.6. The second-order valence-corrected chi connectivity index (χ2v) is 17.5. The zero-order valence-corrected chi connectivity index (χ0v) is 36.8. The van der Waals surface area contributed by atoms with Gasteiger partial charge in [0.2, 0.25) is 0 Å². The molecular formula is C47H56F2IrNO2S-. The van der Waals surface area contributed by atoms with Crippen molar-refractivity contribution in [2.24, 2.45) is 10.8 Å². The summed E-state index contributed by atoms with van der Waals surface area (Å²) in [4.78, 5) is 18.2. The van der Waals surface area contributed by atoms with E-state index in [0.717, 1.165) is 63.7 Å². The maximum Gasteiger partial charge on any atom is 0.252 e. The number of halogens is 2. The molecule has 2 heterocycles. The Morgan fingerprint density at radius 1 is 0.907 bits per heavy atom. The van der Waals surface area contributed by atoms with Gasteiger partial charge in [0.1, 0.15) is 5.76 Å². The Balaban J connectivity index is 0.000000309. The number of allylic oxidation sites excluding steroid dienone is 2. The van der Waals surface area contributed by atoms with E-state index in [0.29, 0.717) is 6.42 Å². The van der Waals surface area contributed by atoms with Crippen LogP contribution in [-0.4, -0.2) is 21.8 Å². The van der Waals surface area contributed by atoms with Crippen LogP contribution in [0.3, 0.4) is 0 Å². The summed E-state index contributed by atoms with van der Waals surface area (Å²) >= 11 is 1.74. The van der Waals surface area contributed by atoms with Gasteiger partial charge in [0.05, 0.1) is 0 Å². The largest absolute Gasteiger partial charge is 0.512 e. The number of ketones is 1. The molecule has 54 heavy (non-hydrogen) atoms. The van der Waals surface area contributed by atoms with Crippen LogP contribution in [0.4, 0.5) is 8.78 Å². The predicted molar refractivity (Wildman–Crippen MR) is 220 cm³/mol. The number of benzene rings is 3. The third-order valence-electron chi connectivity index (χ3n) is 12.0. The molecule has 3 aromatic carbocycles. The van der Waals surface area contributed by atoms with Gasteiger partial charge < -0.3 is 5.11 Å². The minimum absolute atomic E-state index is 0. The fourth-order valence-corrected chi connectivity index (χ4v) is 8.44. The van der Waals surface area contributed by atoms with Gasteiger partial charge >= 0.3 is 0 Å². The average molecular weight is 929 g/mol. The van der Waals surface area contributed by atoms with Crippen LogP contribution in [0, 0.1) is 23.8 Å². The number of aliphatic hydroxyl groups excluding tert-OH is 1. The molecule has 0 bridgehead atoms. The number of aromatic nitrogens is 1. The molecule has 0 saturated heterocycles. The van der Waals surface area contributed by atoms with Crippen LogP contribution in [-0.2, 0) is 43.2 Å². The van der Waals surface area contributed by atoms with Gasteiger partial charge in [0.15, 0.2) is 5.78 Å². The summed E-state index contributed by atoms with van der Waals surface area (Å²) in [6.07, 6.45) is 6.83. The van der Waals surface area contributed by atoms with Crippen LogP contribution in [0.25, 0.3) is 42.6 Å². The third-order valence-corrected chi connectivity index (χ3v) is 13.3. The van der Waals surface area contributed by atoms with E-state index in [-0.39, 0.29) is 60.7 Å². The molecule has 2 aromatic heterocycles. The molecule has 1 N–H and O–H groups in total. The molecule has 0 saturated carbocycles. The molecule has 1 radical (unpaired) electrons. The smallest absolute Gasteiger partial charge is 0.252 e. The fraction of sp³-hybridized carbons (Fsp3) is 0.447. The van der Waals surface area contributed by atoms with Gasteiger partial charge in [0.25, 0.3) is 5.92 Å². The van der Waals surface area contributed by atoms with Gasteiger partial charge in [-0.15, -0.1) is 40.5 Å². The van der Waals surface area contributed by atoms with Crippen LogP contribution in [0.5, 0.6) is 0 Å². The predicted octanol–water partition coefficient (Wildman–Crippen LogP) is 14.0. The topological polar surface area (TPSA) is 50.2 Å². The number of pyridine rings is 1. The molecule has 3 nitrogen and oxygen atoms in total. The van der Waals surface area contributed by atoms with Crippen molar-refractivity contribution in [3.63, 3.8) is 0 Å². The van der Waals surface area contributed by atoms with Crippen LogP contribution in [0.1, 0.15) is 117 Å². The molecule has 291 valence electrons. The van der Waals surface area contributed by atoms with Gasteiger partial charge in [-0.3, -0.25) is 9.78 Å². The first-order chi connectivity index (χ1) is 24.9. The first-order valence-electron chi connectivity index (χ1n) is 19.2. The van der Waals surface area contributed by atoms with Crippen LogP contribution < -0.4 is 0 Å². The van der Waals surface area contributed by atoms with E-state index in [2.05, 4.69) is 76.2 Å². The van der Waals surface area contributed by atoms with Gasteiger partial charge in [-0.2, -0.15) is 0 Å². The van der Waals surface area contributed by atoms with E-state index >= 15 is 0 Å². The van der Waals surface area contributed by atoms with Crippen LogP contribution in [0.15, 0.2) is 72.6 Å². The van der Waals surface area contributed by atoms with Gasteiger partial charge in [-0.1, -0.05) is 110 Å². The second-order valence-electron chi connectivity index (χ2n) is 16.4. The van der Waals surface area contributed by atoms with E-state index in [1.807, 2.05) is 59.9 Å². The number of thiophene rings is 1. The number of hydrogen-bond donors (Lipinski definition) is 1. The summed E-state index contributed by atoms with van der Waals surface area (Å²) in [7, 11) is 0. The standard InChI is InChI=1S/C32H28F2NS.C15H28O2.Ir/c1-19-25-12-14-35-28(24-16-21-7-5-6-8-26(21)27(17-24)31(2,3)4)30(25)36-29(19)22-9-10-23-18-32(33,34)13-11-20(23)15-22;1-7-14(5,8-2)12(16)11-13(17)15(6,9-3)10-4;/h5-10,12,14-15,17H,11,13,18H2,1-4H3;11,16H,7-10H2,1-6H3;/q-1;;/b;12-11-;. The number of carbonyl (C=O) groups is 1. The number of fused-ring (bicyclic) bond motifs is 3. The molecule has 0 spiro atoms. The number of hydrogen-bond acceptors (Lipinski definition) is 4. The SMILES string of the molecule is CCC(C)(CC)C(=O)/C=C(\O)C(C)(CC)CC.Cc1c(-c2ccc3c(c2)CCC(F)(F)C3)sc2c(-c3[c-]c4ccccc4c(C(C)(C)C)c3)nccc12.[Ir]. The molecule has 0 aliphatic heterocycles. The first-order valence-corrected chi connectivity index (χ1v) is 20.0. The molecule has 7 heteroatoms. The summed E-state index contributed by atoms with van der Waals surface area (Å²) in [6, 6.07) is 22.4. The van der Waals surface area contributed by atoms with Crippen molar-refractivity contribution in [3.05, 3.63) is 101 Å². The Morgan fingerprint density at radius 2 is 1.56 bits per heavy atom. The van der Waals surface area contributed by atoms with E-state index < -0.39 is 5.92 Å². The molecule has 6 rings (SSSR count). The summed E-state index contributed by atoms with van der Waals surface area (Å²) in [6.45, 7) is 21.0. The van der Waals surface area contributed by atoms with Gasteiger partial charge in [0, 0.05) is 71.3 Å². The quantitative estimate of drug-likeness (QED) is 0.0910. The van der Waals surface area contributed by atoms with Gasteiger partial charge in [-0.25, -0.2) is 8.78 Å². The number of nitrogens with zero attached hydrogens (tertiary/aromatic N) is 1. The number of aryl methyl sites for hydroxylation is 2. The Hall–Kier alpha value is -3.25. The molecule has 1 aliphatic carbocycles. The molecule has 1 aliphatic rings. The van der Waals surface area contributed by atoms with Crippen molar-refractivity contribution in [2.75, 3.05) is 0 Å². The average Bonchev–Trinajstić information content (AvgIpc) is 3.48. The summed E-state index contributed by atoms with van der Waals surface area (Å²) in [5.41, 5.74) is 6.74. The number of carbonyl (C=O) groups excluding carboxylic acids is 1.